The minimum Gasteiger partial charge on any atom is -0.456 e. The molecule has 0 saturated heterocycles. The lowest BCUT2D eigenvalue weighted by Crippen LogP contribution is -1.87. The van der Waals surface area contributed by atoms with Gasteiger partial charge in [-0.3, -0.25) is 4.98 Å². The van der Waals surface area contributed by atoms with E-state index < -0.39 is 0 Å². The SMILES string of the molecule is Cc1c(-c2ccnc(-c3cc4ccccc4c4c3oc3cc(F)ccc34)c2)oc2ccccc12. The molecular formula is C30H18FNO2. The second kappa shape index (κ2) is 7.03. The molecule has 0 aliphatic carbocycles. The van der Waals surface area contributed by atoms with Crippen molar-refractivity contribution in [2.24, 2.45) is 0 Å². The van der Waals surface area contributed by atoms with Crippen molar-refractivity contribution in [3.05, 3.63) is 103 Å². The van der Waals surface area contributed by atoms with Crippen molar-refractivity contribution < 1.29 is 13.2 Å². The Morgan fingerprint density at radius 2 is 1.56 bits per heavy atom. The second-order valence-electron chi connectivity index (χ2n) is 8.57. The van der Waals surface area contributed by atoms with Crippen LogP contribution >= 0.6 is 0 Å². The fourth-order valence-corrected chi connectivity index (χ4v) is 4.96. The van der Waals surface area contributed by atoms with Gasteiger partial charge in [-0.05, 0) is 54.1 Å². The van der Waals surface area contributed by atoms with E-state index in [1.54, 1.807) is 12.3 Å². The maximum Gasteiger partial charge on any atom is 0.145 e. The van der Waals surface area contributed by atoms with E-state index in [9.17, 15) is 4.39 Å². The number of pyridine rings is 1. The van der Waals surface area contributed by atoms with Gasteiger partial charge in [-0.2, -0.15) is 0 Å². The molecule has 3 nitrogen and oxygen atoms in total. The fourth-order valence-electron chi connectivity index (χ4n) is 4.96. The minimum absolute atomic E-state index is 0.321. The summed E-state index contributed by atoms with van der Waals surface area (Å²) in [5, 5.41) is 5.09. The van der Waals surface area contributed by atoms with Crippen LogP contribution in [0.2, 0.25) is 0 Å². The quantitative estimate of drug-likeness (QED) is 0.268. The van der Waals surface area contributed by atoms with Crippen molar-refractivity contribution in [3.8, 4) is 22.6 Å². The molecular weight excluding hydrogens is 425 g/mol. The van der Waals surface area contributed by atoms with Crippen LogP contribution in [-0.2, 0) is 0 Å². The first-order valence-electron chi connectivity index (χ1n) is 11.2. The number of hydrogen-bond donors (Lipinski definition) is 0. The molecule has 0 saturated carbocycles. The molecule has 0 fully saturated rings. The molecule has 0 amide bonds. The highest BCUT2D eigenvalue weighted by molar-refractivity contribution is 6.22. The lowest BCUT2D eigenvalue weighted by molar-refractivity contribution is 0.618. The number of nitrogens with zero attached hydrogens (tertiary/aromatic N) is 1. The summed E-state index contributed by atoms with van der Waals surface area (Å²) in [6.07, 6.45) is 1.79. The van der Waals surface area contributed by atoms with E-state index >= 15 is 0 Å². The van der Waals surface area contributed by atoms with E-state index in [2.05, 4.69) is 36.2 Å². The number of furan rings is 2. The van der Waals surface area contributed by atoms with Crippen molar-refractivity contribution >= 4 is 43.7 Å². The first-order valence-corrected chi connectivity index (χ1v) is 11.2. The molecule has 7 rings (SSSR count). The van der Waals surface area contributed by atoms with Crippen LogP contribution in [0.5, 0.6) is 0 Å². The molecule has 34 heavy (non-hydrogen) atoms. The van der Waals surface area contributed by atoms with Crippen LogP contribution in [0.3, 0.4) is 0 Å². The van der Waals surface area contributed by atoms with Crippen LogP contribution in [0.25, 0.3) is 66.3 Å². The van der Waals surface area contributed by atoms with Crippen LogP contribution < -0.4 is 0 Å². The zero-order chi connectivity index (χ0) is 22.8. The summed E-state index contributed by atoms with van der Waals surface area (Å²) in [5.41, 5.74) is 5.76. The van der Waals surface area contributed by atoms with Crippen LogP contribution in [0.15, 0.2) is 100.0 Å². The minimum atomic E-state index is -0.321. The summed E-state index contributed by atoms with van der Waals surface area (Å²) in [6, 6.07) is 27.0. The van der Waals surface area contributed by atoms with Crippen molar-refractivity contribution in [2.45, 2.75) is 6.92 Å². The Bertz CT molecular complexity index is 1890. The molecule has 7 aromatic rings. The Balaban J connectivity index is 1.52. The highest BCUT2D eigenvalue weighted by Gasteiger charge is 2.19. The largest absolute Gasteiger partial charge is 0.456 e. The molecule has 0 aliphatic rings. The van der Waals surface area contributed by atoms with Crippen molar-refractivity contribution in [1.82, 2.24) is 4.98 Å². The Morgan fingerprint density at radius 3 is 2.44 bits per heavy atom. The predicted molar refractivity (Wildman–Crippen MR) is 134 cm³/mol. The first kappa shape index (κ1) is 19.1. The molecule has 0 spiro atoms. The van der Waals surface area contributed by atoms with E-state index in [0.29, 0.717) is 11.2 Å². The zero-order valence-corrected chi connectivity index (χ0v) is 18.3. The molecule has 162 valence electrons. The van der Waals surface area contributed by atoms with Gasteiger partial charge in [0.15, 0.2) is 0 Å². The van der Waals surface area contributed by atoms with Crippen LogP contribution in [0.1, 0.15) is 5.56 Å². The van der Waals surface area contributed by atoms with E-state index in [1.165, 1.54) is 12.1 Å². The smallest absolute Gasteiger partial charge is 0.145 e. The first-order chi connectivity index (χ1) is 16.7. The third-order valence-electron chi connectivity index (χ3n) is 6.57. The molecule has 3 heterocycles. The molecule has 4 aromatic carbocycles. The fraction of sp³-hybridized carbons (Fsp3) is 0.0333. The summed E-state index contributed by atoms with van der Waals surface area (Å²) < 4.78 is 26.4. The third-order valence-corrected chi connectivity index (χ3v) is 6.57. The molecule has 4 heteroatoms. The third kappa shape index (κ3) is 2.72. The van der Waals surface area contributed by atoms with Crippen LogP contribution in [-0.4, -0.2) is 4.98 Å². The molecule has 0 aliphatic heterocycles. The average Bonchev–Trinajstić information content (AvgIpc) is 3.41. The Labute approximate surface area is 194 Å². The average molecular weight is 443 g/mol. The van der Waals surface area contributed by atoms with E-state index in [1.807, 2.05) is 42.5 Å². The topological polar surface area (TPSA) is 39.2 Å². The Kier molecular flexibility index (Phi) is 3.94. The summed E-state index contributed by atoms with van der Waals surface area (Å²) in [4.78, 5) is 4.69. The summed E-state index contributed by atoms with van der Waals surface area (Å²) in [7, 11) is 0. The van der Waals surface area contributed by atoms with E-state index in [-0.39, 0.29) is 5.82 Å². The van der Waals surface area contributed by atoms with Gasteiger partial charge in [-0.25, -0.2) is 4.39 Å². The lowest BCUT2D eigenvalue weighted by atomic mass is 9.97. The molecule has 0 atom stereocenters. The number of para-hydroxylation sites is 1. The number of aryl methyl sites for hydroxylation is 1. The molecule has 0 N–H and O–H groups in total. The van der Waals surface area contributed by atoms with Crippen molar-refractivity contribution in [3.63, 3.8) is 0 Å². The van der Waals surface area contributed by atoms with Gasteiger partial charge >= 0.3 is 0 Å². The molecule has 0 bridgehead atoms. The number of rotatable bonds is 2. The van der Waals surface area contributed by atoms with Gasteiger partial charge in [0.1, 0.15) is 28.3 Å². The number of benzene rings is 4. The number of aromatic nitrogens is 1. The van der Waals surface area contributed by atoms with Gasteiger partial charge in [0.05, 0.1) is 5.69 Å². The summed E-state index contributed by atoms with van der Waals surface area (Å²) in [5.74, 6) is 0.506. The standard InChI is InChI=1S/C30H18FNO2/c1-17-21-7-4-5-9-26(21)33-29(17)19-12-13-32-25(15-19)24-14-18-6-2-3-8-22(18)28-23-11-10-20(31)16-27(23)34-30(24)28/h2-16H,1H3. The summed E-state index contributed by atoms with van der Waals surface area (Å²) in [6.45, 7) is 2.07. The monoisotopic (exact) mass is 443 g/mol. The van der Waals surface area contributed by atoms with Crippen molar-refractivity contribution in [2.75, 3.05) is 0 Å². The molecule has 0 radical (unpaired) electrons. The molecule has 3 aromatic heterocycles. The van der Waals surface area contributed by atoms with E-state index in [0.717, 1.165) is 60.7 Å². The highest BCUT2D eigenvalue weighted by Crippen LogP contribution is 2.41. The van der Waals surface area contributed by atoms with Gasteiger partial charge in [-0.15, -0.1) is 0 Å². The van der Waals surface area contributed by atoms with Gasteiger partial charge in [0.25, 0.3) is 0 Å². The van der Waals surface area contributed by atoms with Gasteiger partial charge in [-0.1, -0.05) is 42.5 Å². The molecule has 0 unspecified atom stereocenters. The Morgan fingerprint density at radius 1 is 0.735 bits per heavy atom. The van der Waals surface area contributed by atoms with Crippen LogP contribution in [0.4, 0.5) is 4.39 Å². The normalized spacial score (nSPS) is 11.8. The van der Waals surface area contributed by atoms with Crippen LogP contribution in [0, 0.1) is 12.7 Å². The van der Waals surface area contributed by atoms with Gasteiger partial charge in [0.2, 0.25) is 0 Å². The summed E-state index contributed by atoms with van der Waals surface area (Å²) >= 11 is 0. The number of fused-ring (bicyclic) bond motifs is 6. The second-order valence-corrected chi connectivity index (χ2v) is 8.57. The maximum absolute atomic E-state index is 14.0. The number of halogens is 1. The predicted octanol–water partition coefficient (Wildman–Crippen LogP) is 8.66. The Hall–Kier alpha value is -4.44. The van der Waals surface area contributed by atoms with E-state index in [4.69, 9.17) is 8.83 Å². The zero-order valence-electron chi connectivity index (χ0n) is 18.3. The van der Waals surface area contributed by atoms with Gasteiger partial charge < -0.3 is 8.83 Å². The number of hydrogen-bond acceptors (Lipinski definition) is 3. The maximum atomic E-state index is 14.0. The lowest BCUT2D eigenvalue weighted by Gasteiger charge is -2.08. The highest BCUT2D eigenvalue weighted by atomic mass is 19.1. The van der Waals surface area contributed by atoms with Crippen molar-refractivity contribution in [1.29, 1.82) is 0 Å². The van der Waals surface area contributed by atoms with Gasteiger partial charge in [0, 0.05) is 45.1 Å².